The van der Waals surface area contributed by atoms with E-state index in [-0.39, 0.29) is 23.1 Å². The Labute approximate surface area is 152 Å². The van der Waals surface area contributed by atoms with E-state index in [0.29, 0.717) is 18.7 Å². The van der Waals surface area contributed by atoms with Crippen LogP contribution in [-0.2, 0) is 27.8 Å². The highest BCUT2D eigenvalue weighted by Crippen LogP contribution is 2.18. The maximum atomic E-state index is 12.4. The maximum absolute atomic E-state index is 12.4. The van der Waals surface area contributed by atoms with E-state index in [1.54, 1.807) is 11.0 Å². The van der Waals surface area contributed by atoms with Crippen LogP contribution >= 0.6 is 0 Å². The number of carbonyl (C=O) groups is 2. The van der Waals surface area contributed by atoms with Crippen molar-refractivity contribution in [2.45, 2.75) is 24.8 Å². The number of ketones is 1. The monoisotopic (exact) mass is 372 g/mol. The van der Waals surface area contributed by atoms with Crippen LogP contribution in [0.2, 0.25) is 0 Å². The van der Waals surface area contributed by atoms with Crippen LogP contribution in [0.4, 0.5) is 0 Å². The summed E-state index contributed by atoms with van der Waals surface area (Å²) in [7, 11) is -3.86. The fourth-order valence-corrected chi connectivity index (χ4v) is 3.96. The van der Waals surface area contributed by atoms with Crippen molar-refractivity contribution in [1.82, 2.24) is 9.62 Å². The van der Waals surface area contributed by atoms with Crippen LogP contribution in [0.5, 0.6) is 0 Å². The predicted octanol–water partition coefficient (Wildman–Crippen LogP) is 1.75. The molecule has 0 fully saturated rings. The predicted molar refractivity (Wildman–Crippen MR) is 97.2 cm³/mol. The standard InChI is InChI=1S/C19H20N2O4S/c1-14(22)16-7-4-8-18(11-16)26(24,25)20-12-19(23)21-10-9-15-5-2-3-6-17(15)13-21/h2-8,11,20H,9-10,12-13H2,1H3. The molecule has 0 saturated carbocycles. The van der Waals surface area contributed by atoms with E-state index in [2.05, 4.69) is 4.72 Å². The van der Waals surface area contributed by atoms with E-state index in [9.17, 15) is 18.0 Å². The maximum Gasteiger partial charge on any atom is 0.241 e. The van der Waals surface area contributed by atoms with Crippen molar-refractivity contribution in [3.8, 4) is 0 Å². The molecule has 0 saturated heterocycles. The Morgan fingerprint density at radius 1 is 1.08 bits per heavy atom. The van der Waals surface area contributed by atoms with E-state index in [1.807, 2.05) is 24.3 Å². The van der Waals surface area contributed by atoms with Crippen LogP contribution < -0.4 is 4.72 Å². The molecule has 0 bridgehead atoms. The van der Waals surface area contributed by atoms with Gasteiger partial charge in [-0.2, -0.15) is 0 Å². The number of benzene rings is 2. The first-order chi connectivity index (χ1) is 12.4. The lowest BCUT2D eigenvalue weighted by Crippen LogP contribution is -2.42. The summed E-state index contributed by atoms with van der Waals surface area (Å²) in [5, 5.41) is 0. The minimum absolute atomic E-state index is 0.0259. The number of rotatable bonds is 5. The summed E-state index contributed by atoms with van der Waals surface area (Å²) in [6.07, 6.45) is 0.759. The van der Waals surface area contributed by atoms with Crippen LogP contribution in [0.25, 0.3) is 0 Å². The molecule has 0 unspecified atom stereocenters. The number of Topliss-reactive ketones (excluding diaryl/α,β-unsaturated/α-hetero) is 1. The number of sulfonamides is 1. The third-order valence-electron chi connectivity index (χ3n) is 4.45. The van der Waals surface area contributed by atoms with Crippen molar-refractivity contribution in [2.24, 2.45) is 0 Å². The molecule has 0 radical (unpaired) electrons. The fourth-order valence-electron chi connectivity index (χ4n) is 2.94. The van der Waals surface area contributed by atoms with Crippen molar-refractivity contribution < 1.29 is 18.0 Å². The first-order valence-electron chi connectivity index (χ1n) is 8.32. The van der Waals surface area contributed by atoms with E-state index in [1.165, 1.54) is 30.7 Å². The van der Waals surface area contributed by atoms with Gasteiger partial charge in [-0.15, -0.1) is 0 Å². The van der Waals surface area contributed by atoms with Gasteiger partial charge in [0.25, 0.3) is 0 Å². The Morgan fingerprint density at radius 2 is 1.81 bits per heavy atom. The number of carbonyl (C=O) groups excluding carboxylic acids is 2. The lowest BCUT2D eigenvalue weighted by atomic mass is 10.00. The van der Waals surface area contributed by atoms with Gasteiger partial charge in [-0.05, 0) is 36.6 Å². The molecule has 2 aromatic rings. The highest BCUT2D eigenvalue weighted by Gasteiger charge is 2.22. The Morgan fingerprint density at radius 3 is 2.54 bits per heavy atom. The molecule has 7 heteroatoms. The zero-order chi connectivity index (χ0) is 18.7. The molecular formula is C19H20N2O4S. The molecule has 136 valence electrons. The second kappa shape index (κ2) is 7.39. The van der Waals surface area contributed by atoms with E-state index < -0.39 is 10.0 Å². The van der Waals surface area contributed by atoms with Gasteiger partial charge in [0.2, 0.25) is 15.9 Å². The molecule has 0 aliphatic carbocycles. The average molecular weight is 372 g/mol. The summed E-state index contributed by atoms with van der Waals surface area (Å²) >= 11 is 0. The molecule has 26 heavy (non-hydrogen) atoms. The van der Waals surface area contributed by atoms with Crippen LogP contribution in [0.15, 0.2) is 53.4 Å². The third kappa shape index (κ3) is 4.00. The quantitative estimate of drug-likeness (QED) is 0.811. The molecule has 6 nitrogen and oxygen atoms in total. The van der Waals surface area contributed by atoms with Crippen molar-refractivity contribution in [1.29, 1.82) is 0 Å². The number of hydrogen-bond donors (Lipinski definition) is 1. The molecular weight excluding hydrogens is 352 g/mol. The van der Waals surface area contributed by atoms with Gasteiger partial charge in [0, 0.05) is 18.7 Å². The number of hydrogen-bond acceptors (Lipinski definition) is 4. The molecule has 1 aliphatic heterocycles. The molecule has 0 spiro atoms. The van der Waals surface area contributed by atoms with Crippen LogP contribution in [0, 0.1) is 0 Å². The Balaban J connectivity index is 1.66. The summed E-state index contributed by atoms with van der Waals surface area (Å²) in [5.41, 5.74) is 2.62. The first kappa shape index (κ1) is 18.3. The number of fused-ring (bicyclic) bond motifs is 1. The minimum Gasteiger partial charge on any atom is -0.337 e. The van der Waals surface area contributed by atoms with Crippen LogP contribution in [0.1, 0.15) is 28.4 Å². The lowest BCUT2D eigenvalue weighted by Gasteiger charge is -2.29. The Bertz CT molecular complexity index is 954. The van der Waals surface area contributed by atoms with Crippen molar-refractivity contribution in [3.05, 3.63) is 65.2 Å². The lowest BCUT2D eigenvalue weighted by molar-refractivity contribution is -0.130. The van der Waals surface area contributed by atoms with Gasteiger partial charge in [-0.25, -0.2) is 13.1 Å². The zero-order valence-corrected chi connectivity index (χ0v) is 15.3. The minimum atomic E-state index is -3.86. The first-order valence-corrected chi connectivity index (χ1v) is 9.80. The molecule has 2 aromatic carbocycles. The topological polar surface area (TPSA) is 83.5 Å². The normalized spacial score (nSPS) is 14.0. The number of nitrogens with one attached hydrogen (secondary N) is 1. The Hall–Kier alpha value is -2.51. The van der Waals surface area contributed by atoms with Crippen LogP contribution in [0.3, 0.4) is 0 Å². The third-order valence-corrected chi connectivity index (χ3v) is 5.85. The molecule has 3 rings (SSSR count). The molecule has 1 heterocycles. The summed E-state index contributed by atoms with van der Waals surface area (Å²) in [6.45, 7) is 2.11. The van der Waals surface area contributed by atoms with Gasteiger partial charge in [-0.1, -0.05) is 36.4 Å². The highest BCUT2D eigenvalue weighted by molar-refractivity contribution is 7.89. The van der Waals surface area contributed by atoms with Crippen molar-refractivity contribution >= 4 is 21.7 Å². The second-order valence-corrected chi connectivity index (χ2v) is 8.01. The second-order valence-electron chi connectivity index (χ2n) is 6.24. The molecule has 1 aliphatic rings. The van der Waals surface area contributed by atoms with Crippen molar-refractivity contribution in [2.75, 3.05) is 13.1 Å². The van der Waals surface area contributed by atoms with E-state index in [0.717, 1.165) is 12.0 Å². The van der Waals surface area contributed by atoms with Gasteiger partial charge < -0.3 is 4.90 Å². The van der Waals surface area contributed by atoms with Gasteiger partial charge in [0.05, 0.1) is 11.4 Å². The van der Waals surface area contributed by atoms with Gasteiger partial charge in [0.15, 0.2) is 5.78 Å². The number of nitrogens with zero attached hydrogens (tertiary/aromatic N) is 1. The SMILES string of the molecule is CC(=O)c1cccc(S(=O)(=O)NCC(=O)N2CCc3ccccc3C2)c1. The molecule has 1 amide bonds. The average Bonchev–Trinajstić information content (AvgIpc) is 2.66. The van der Waals surface area contributed by atoms with Gasteiger partial charge in [-0.3, -0.25) is 9.59 Å². The largest absolute Gasteiger partial charge is 0.337 e. The van der Waals surface area contributed by atoms with Crippen LogP contribution in [-0.4, -0.2) is 38.1 Å². The number of amides is 1. The van der Waals surface area contributed by atoms with Crippen molar-refractivity contribution in [3.63, 3.8) is 0 Å². The smallest absolute Gasteiger partial charge is 0.241 e. The van der Waals surface area contributed by atoms with Gasteiger partial charge >= 0.3 is 0 Å². The summed E-state index contributed by atoms with van der Waals surface area (Å²) < 4.78 is 27.1. The summed E-state index contributed by atoms with van der Waals surface area (Å²) in [4.78, 5) is 25.5. The fraction of sp³-hybridized carbons (Fsp3) is 0.263. The molecule has 0 aromatic heterocycles. The molecule has 1 N–H and O–H groups in total. The summed E-state index contributed by atoms with van der Waals surface area (Å²) in [6, 6.07) is 13.7. The Kier molecular flexibility index (Phi) is 5.20. The highest BCUT2D eigenvalue weighted by atomic mass is 32.2. The van der Waals surface area contributed by atoms with E-state index >= 15 is 0 Å². The zero-order valence-electron chi connectivity index (χ0n) is 14.4. The summed E-state index contributed by atoms with van der Waals surface area (Å²) in [5.74, 6) is -0.490. The van der Waals surface area contributed by atoms with Gasteiger partial charge in [0.1, 0.15) is 0 Å². The molecule has 0 atom stereocenters. The van der Waals surface area contributed by atoms with E-state index in [4.69, 9.17) is 0 Å².